The zero-order valence-corrected chi connectivity index (χ0v) is 33.5. The number of halogens is 2. The van der Waals surface area contributed by atoms with Gasteiger partial charge in [0.05, 0.1) is 0 Å². The van der Waals surface area contributed by atoms with Crippen molar-refractivity contribution in [3.8, 4) is 22.3 Å². The van der Waals surface area contributed by atoms with Crippen molar-refractivity contribution in [3.63, 3.8) is 0 Å². The Morgan fingerprint density at radius 1 is 0.460 bits per heavy atom. The van der Waals surface area contributed by atoms with E-state index in [-0.39, 0.29) is 0 Å². The third kappa shape index (κ3) is 10.6. The molecule has 0 aliphatic carbocycles. The van der Waals surface area contributed by atoms with Crippen LogP contribution in [0.3, 0.4) is 0 Å². The number of hydrogen-bond acceptors (Lipinski definition) is 0. The Hall–Kier alpha value is -3.78. The van der Waals surface area contributed by atoms with Crippen molar-refractivity contribution in [1.29, 1.82) is 0 Å². The molecule has 0 aliphatic rings. The largest absolute Gasteiger partial charge is 0.144 e. The number of hydrogen-bond donors (Lipinski definition) is 0. The molecule has 50 heavy (non-hydrogen) atoms. The average molecular weight is 783 g/mol. The van der Waals surface area contributed by atoms with E-state index in [4.69, 9.17) is 17.0 Å². The van der Waals surface area contributed by atoms with Crippen molar-refractivity contribution < 1.29 is 20.8 Å². The zero-order valence-electron chi connectivity index (χ0n) is 28.5. The molecule has 0 heterocycles. The van der Waals surface area contributed by atoms with Crippen LogP contribution in [-0.2, 0) is 33.7 Å². The standard InChI is InChI=1S/2C22H17.C2H6Si.2ClH.Zr/c2*1-3-8-17(9-4-1)14-19-12-7-13-20-15-21(16-22(19)20)18-10-5-2-6-11-18;1-3-2;;;/h2*1-13,15-16H,14H2;1-2H3;2*1H;/q2*-1;;;;+4/p-2. The Labute approximate surface area is 319 Å². The van der Waals surface area contributed by atoms with E-state index in [0.717, 1.165) is 22.4 Å². The molecular weight excluding hydrogens is 743 g/mol. The quantitative estimate of drug-likeness (QED) is 0.116. The molecule has 246 valence electrons. The molecule has 0 saturated carbocycles. The van der Waals surface area contributed by atoms with Gasteiger partial charge in [-0.05, 0) is 24.0 Å². The Morgan fingerprint density at radius 2 is 0.780 bits per heavy atom. The summed E-state index contributed by atoms with van der Waals surface area (Å²) < 4.78 is 0. The summed E-state index contributed by atoms with van der Waals surface area (Å²) in [6.45, 7) is 4.31. The first-order valence-electron chi connectivity index (χ1n) is 16.7. The minimum absolute atomic E-state index is 0.826. The summed E-state index contributed by atoms with van der Waals surface area (Å²) in [6.07, 6.45) is 1.97. The van der Waals surface area contributed by atoms with E-state index >= 15 is 0 Å². The Bertz CT molecular complexity index is 1980. The summed E-state index contributed by atoms with van der Waals surface area (Å²) in [7, 11) is 11.0. The van der Waals surface area contributed by atoms with Gasteiger partial charge in [0.25, 0.3) is 0 Å². The van der Waals surface area contributed by atoms with E-state index in [1.807, 2.05) is 0 Å². The molecule has 0 spiro atoms. The third-order valence-corrected chi connectivity index (χ3v) is 8.37. The molecule has 2 radical (unpaired) electrons. The van der Waals surface area contributed by atoms with Gasteiger partial charge in [-0.1, -0.05) is 181 Å². The number of fused-ring (bicyclic) bond motifs is 2. The summed E-state index contributed by atoms with van der Waals surface area (Å²) in [4.78, 5) is 0. The summed E-state index contributed by atoms with van der Waals surface area (Å²) in [5.41, 5.74) is 10.7. The third-order valence-electron chi connectivity index (χ3n) is 8.37. The van der Waals surface area contributed by atoms with Crippen LogP contribution in [0.2, 0.25) is 13.1 Å². The molecule has 0 unspecified atom stereocenters. The second-order valence-electron chi connectivity index (χ2n) is 12.0. The van der Waals surface area contributed by atoms with Gasteiger partial charge in [0, 0.05) is 9.52 Å². The van der Waals surface area contributed by atoms with Crippen LogP contribution >= 0.6 is 17.0 Å². The fourth-order valence-electron chi connectivity index (χ4n) is 6.13. The fraction of sp³-hybridized carbons (Fsp3) is 0.0870. The molecule has 8 rings (SSSR count). The maximum absolute atomic E-state index is 4.93. The van der Waals surface area contributed by atoms with Crippen molar-refractivity contribution in [2.45, 2.75) is 25.9 Å². The monoisotopic (exact) mass is 780 g/mol. The molecule has 0 saturated heterocycles. The molecule has 0 nitrogen and oxygen atoms in total. The van der Waals surface area contributed by atoms with Crippen LogP contribution in [0.15, 0.2) is 182 Å². The molecular formula is C46H40Cl2SiZr. The molecule has 8 aromatic rings. The van der Waals surface area contributed by atoms with Crippen molar-refractivity contribution in [1.82, 2.24) is 0 Å². The van der Waals surface area contributed by atoms with Crippen molar-refractivity contribution >= 4 is 48.1 Å². The Kier molecular flexibility index (Phi) is 15.1. The molecule has 4 heteroatoms. The molecule has 0 atom stereocenters. The van der Waals surface area contributed by atoms with Crippen LogP contribution in [-0.4, -0.2) is 9.52 Å². The van der Waals surface area contributed by atoms with Gasteiger partial charge in [-0.25, -0.2) is 0 Å². The van der Waals surface area contributed by atoms with Gasteiger partial charge in [0.1, 0.15) is 0 Å². The van der Waals surface area contributed by atoms with E-state index in [0.29, 0.717) is 0 Å². The first kappa shape index (κ1) is 37.5. The number of rotatable bonds is 6. The predicted molar refractivity (Wildman–Crippen MR) is 218 cm³/mol. The second-order valence-corrected chi connectivity index (χ2v) is 16.7. The first-order chi connectivity index (χ1) is 24.6. The molecule has 0 N–H and O–H groups in total. The molecule has 0 amide bonds. The topological polar surface area (TPSA) is 0 Å². The van der Waals surface area contributed by atoms with Crippen molar-refractivity contribution in [2.75, 3.05) is 0 Å². The minimum Gasteiger partial charge on any atom is -0.144 e. The molecule has 0 bridgehead atoms. The zero-order chi connectivity index (χ0) is 35.0. The summed E-state index contributed by atoms with van der Waals surface area (Å²) >= 11 is -0.826. The van der Waals surface area contributed by atoms with Crippen LogP contribution in [0.4, 0.5) is 0 Å². The van der Waals surface area contributed by atoms with Gasteiger partial charge in [-0.15, -0.1) is 69.1 Å². The van der Waals surface area contributed by atoms with Crippen LogP contribution in [0, 0.1) is 0 Å². The van der Waals surface area contributed by atoms with E-state index in [1.165, 1.54) is 66.1 Å². The van der Waals surface area contributed by atoms with Gasteiger partial charge in [-0.2, -0.15) is 0 Å². The minimum atomic E-state index is -0.826. The van der Waals surface area contributed by atoms with Crippen LogP contribution in [0.25, 0.3) is 43.8 Å². The van der Waals surface area contributed by atoms with E-state index in [9.17, 15) is 0 Å². The van der Waals surface area contributed by atoms with Crippen LogP contribution in [0.1, 0.15) is 22.3 Å². The van der Waals surface area contributed by atoms with E-state index in [2.05, 4.69) is 195 Å². The van der Waals surface area contributed by atoms with Gasteiger partial charge in [0.15, 0.2) is 0 Å². The molecule has 0 aromatic heterocycles. The maximum Gasteiger partial charge on any atom is -0.00965 e. The van der Waals surface area contributed by atoms with Gasteiger partial charge in [0.2, 0.25) is 0 Å². The normalized spacial score (nSPS) is 10.2. The molecule has 0 aliphatic heterocycles. The smallest absolute Gasteiger partial charge is 0.00965 e. The van der Waals surface area contributed by atoms with E-state index < -0.39 is 20.8 Å². The van der Waals surface area contributed by atoms with Crippen molar-refractivity contribution in [3.05, 3.63) is 204 Å². The van der Waals surface area contributed by atoms with Crippen LogP contribution < -0.4 is 0 Å². The Balaban J connectivity index is 0.000000168. The van der Waals surface area contributed by atoms with Gasteiger partial charge < -0.3 is 0 Å². The maximum atomic E-state index is 4.93. The summed E-state index contributed by atoms with van der Waals surface area (Å²) in [6, 6.07) is 65.0. The van der Waals surface area contributed by atoms with E-state index in [1.54, 1.807) is 0 Å². The van der Waals surface area contributed by atoms with Gasteiger partial charge in [-0.3, -0.25) is 0 Å². The fourth-order valence-corrected chi connectivity index (χ4v) is 6.13. The number of benzene rings is 6. The SMILES string of the molecule is C[Si]C.[Cl][Zr+2][Cl].c1ccc(Cc2cccc3[cH-]c(-c4ccccc4)cc23)cc1.c1ccc(Cc2cccc3[cH-]c(-c4ccccc4)cc23)cc1. The average Bonchev–Trinajstić information content (AvgIpc) is 3.81. The summed E-state index contributed by atoms with van der Waals surface area (Å²) in [5, 5.41) is 5.38. The van der Waals surface area contributed by atoms with Crippen LogP contribution in [0.5, 0.6) is 0 Å². The summed E-state index contributed by atoms with van der Waals surface area (Å²) in [5.74, 6) is 0. The molecule has 8 aromatic carbocycles. The first-order valence-corrected chi connectivity index (χ1v) is 25.1. The Morgan fingerprint density at radius 3 is 1.12 bits per heavy atom. The second kappa shape index (κ2) is 20.2. The predicted octanol–water partition coefficient (Wildman–Crippen LogP) is 13.8. The molecule has 0 fully saturated rings. The van der Waals surface area contributed by atoms with Gasteiger partial charge >= 0.3 is 37.9 Å². The van der Waals surface area contributed by atoms with Crippen molar-refractivity contribution in [2.24, 2.45) is 0 Å².